The van der Waals surface area contributed by atoms with Crippen molar-refractivity contribution in [1.29, 1.82) is 5.26 Å². The van der Waals surface area contributed by atoms with Crippen molar-refractivity contribution < 1.29 is 4.74 Å². The average Bonchev–Trinajstić information content (AvgIpc) is 2.43. The summed E-state index contributed by atoms with van der Waals surface area (Å²) in [5, 5.41) is 8.96. The van der Waals surface area contributed by atoms with Crippen LogP contribution in [0, 0.1) is 11.3 Å². The second-order valence-corrected chi connectivity index (χ2v) is 4.46. The highest BCUT2D eigenvalue weighted by atomic mass is 16.5. The molecule has 3 nitrogen and oxygen atoms in total. The Hall–Kier alpha value is -2.34. The number of hydrogen-bond acceptors (Lipinski definition) is 3. The zero-order valence-corrected chi connectivity index (χ0v) is 10.1. The van der Waals surface area contributed by atoms with Gasteiger partial charge in [-0.15, -0.1) is 0 Å². The van der Waals surface area contributed by atoms with Gasteiger partial charge in [-0.05, 0) is 30.2 Å². The molecule has 0 N–H and O–H groups in total. The maximum Gasteiger partial charge on any atom is 0.222 e. The number of nitrogens with zero attached hydrogens (tertiary/aromatic N) is 2. The highest BCUT2D eigenvalue weighted by molar-refractivity contribution is 5.49. The Bertz CT molecular complexity index is 643. The molecule has 1 unspecified atom stereocenters. The molecule has 1 atom stereocenters. The zero-order valence-electron chi connectivity index (χ0n) is 10.1. The third-order valence-electron chi connectivity index (χ3n) is 3.22. The lowest BCUT2D eigenvalue weighted by Gasteiger charge is -2.19. The van der Waals surface area contributed by atoms with E-state index in [2.05, 4.69) is 17.1 Å². The maximum absolute atomic E-state index is 8.96. The first-order valence-corrected chi connectivity index (χ1v) is 5.92. The van der Waals surface area contributed by atoms with Gasteiger partial charge >= 0.3 is 0 Å². The van der Waals surface area contributed by atoms with Crippen LogP contribution in [0.5, 0.6) is 11.6 Å². The minimum atomic E-state index is -0.0920. The van der Waals surface area contributed by atoms with Crippen LogP contribution < -0.4 is 4.74 Å². The smallest absolute Gasteiger partial charge is 0.222 e. The highest BCUT2D eigenvalue weighted by Crippen LogP contribution is 2.36. The molecule has 1 aromatic carbocycles. The number of fused-ring (bicyclic) bond motifs is 2. The van der Waals surface area contributed by atoms with Gasteiger partial charge in [0.05, 0.1) is 12.0 Å². The van der Waals surface area contributed by atoms with Gasteiger partial charge in [0.1, 0.15) is 5.75 Å². The summed E-state index contributed by atoms with van der Waals surface area (Å²) in [4.78, 5) is 4.22. The molecule has 0 aliphatic carbocycles. The van der Waals surface area contributed by atoms with E-state index in [0.717, 1.165) is 28.9 Å². The second-order valence-electron chi connectivity index (χ2n) is 4.46. The van der Waals surface area contributed by atoms with E-state index in [0.29, 0.717) is 5.88 Å². The van der Waals surface area contributed by atoms with E-state index < -0.39 is 0 Å². The quantitative estimate of drug-likeness (QED) is 0.650. The molecule has 1 aliphatic rings. The SMILES string of the molecule is CC(C#N)c1ccc2c(c1)Cc1cccnc1O2. The predicted octanol–water partition coefficient (Wildman–Crippen LogP) is 3.41. The topological polar surface area (TPSA) is 45.9 Å². The van der Waals surface area contributed by atoms with E-state index in [4.69, 9.17) is 10.00 Å². The summed E-state index contributed by atoms with van der Waals surface area (Å²) < 4.78 is 5.75. The Labute approximate surface area is 106 Å². The van der Waals surface area contributed by atoms with Crippen LogP contribution in [-0.2, 0) is 6.42 Å². The highest BCUT2D eigenvalue weighted by Gasteiger charge is 2.18. The van der Waals surface area contributed by atoms with Crippen LogP contribution in [0.3, 0.4) is 0 Å². The van der Waals surface area contributed by atoms with Gasteiger partial charge in [0.2, 0.25) is 5.88 Å². The molecule has 3 rings (SSSR count). The van der Waals surface area contributed by atoms with E-state index in [-0.39, 0.29) is 5.92 Å². The molecular weight excluding hydrogens is 224 g/mol. The van der Waals surface area contributed by atoms with Crippen LogP contribution in [-0.4, -0.2) is 4.98 Å². The fourth-order valence-corrected chi connectivity index (χ4v) is 2.14. The number of hydrogen-bond donors (Lipinski definition) is 0. The Kier molecular flexibility index (Phi) is 2.49. The number of ether oxygens (including phenoxy) is 1. The molecular formula is C15H12N2O. The summed E-state index contributed by atoms with van der Waals surface area (Å²) in [5.41, 5.74) is 3.24. The molecule has 0 saturated carbocycles. The van der Waals surface area contributed by atoms with Gasteiger partial charge < -0.3 is 4.74 Å². The van der Waals surface area contributed by atoms with Crippen molar-refractivity contribution in [2.24, 2.45) is 0 Å². The molecule has 18 heavy (non-hydrogen) atoms. The second kappa shape index (κ2) is 4.15. The van der Waals surface area contributed by atoms with E-state index in [1.807, 2.05) is 31.2 Å². The fraction of sp³-hybridized carbons (Fsp3) is 0.200. The summed E-state index contributed by atoms with van der Waals surface area (Å²) in [6.07, 6.45) is 2.54. The van der Waals surface area contributed by atoms with Crippen LogP contribution >= 0.6 is 0 Å². The summed E-state index contributed by atoms with van der Waals surface area (Å²) in [6, 6.07) is 12.1. The third kappa shape index (κ3) is 1.72. The molecule has 2 heterocycles. The van der Waals surface area contributed by atoms with Crippen LogP contribution in [0.15, 0.2) is 36.5 Å². The molecule has 0 amide bonds. The van der Waals surface area contributed by atoms with Crippen molar-refractivity contribution in [2.45, 2.75) is 19.3 Å². The molecule has 0 saturated heterocycles. The molecule has 3 heteroatoms. The maximum atomic E-state index is 8.96. The molecule has 0 bridgehead atoms. The molecule has 0 spiro atoms. The van der Waals surface area contributed by atoms with E-state index in [1.165, 1.54) is 0 Å². The standard InChI is InChI=1S/C15H12N2O/c1-10(9-16)11-4-5-14-13(7-11)8-12-3-2-6-17-15(12)18-14/h2-7,10H,8H2,1H3. The first-order chi connectivity index (χ1) is 8.78. The lowest BCUT2D eigenvalue weighted by atomic mass is 9.95. The van der Waals surface area contributed by atoms with E-state index in [9.17, 15) is 0 Å². The first-order valence-electron chi connectivity index (χ1n) is 5.92. The number of benzene rings is 1. The normalized spacial score (nSPS) is 13.8. The Morgan fingerprint density at radius 1 is 1.33 bits per heavy atom. The molecule has 0 radical (unpaired) electrons. The number of nitriles is 1. The van der Waals surface area contributed by atoms with Gasteiger partial charge in [0, 0.05) is 18.2 Å². The summed E-state index contributed by atoms with van der Waals surface area (Å²) >= 11 is 0. The van der Waals surface area contributed by atoms with Gasteiger partial charge in [-0.1, -0.05) is 18.2 Å². The Balaban J connectivity index is 2.01. The first kappa shape index (κ1) is 10.8. The van der Waals surface area contributed by atoms with Crippen LogP contribution in [0.1, 0.15) is 29.5 Å². The van der Waals surface area contributed by atoms with E-state index in [1.54, 1.807) is 6.20 Å². The fourth-order valence-electron chi connectivity index (χ4n) is 2.14. The van der Waals surface area contributed by atoms with Crippen LogP contribution in [0.2, 0.25) is 0 Å². The number of rotatable bonds is 1. The van der Waals surface area contributed by atoms with Crippen molar-refractivity contribution in [1.82, 2.24) is 4.98 Å². The van der Waals surface area contributed by atoms with Crippen molar-refractivity contribution in [3.05, 3.63) is 53.2 Å². The predicted molar refractivity (Wildman–Crippen MR) is 67.6 cm³/mol. The van der Waals surface area contributed by atoms with Crippen molar-refractivity contribution in [3.8, 4) is 17.7 Å². The summed E-state index contributed by atoms with van der Waals surface area (Å²) in [5.74, 6) is 1.44. The van der Waals surface area contributed by atoms with Gasteiger partial charge in [-0.3, -0.25) is 0 Å². The van der Waals surface area contributed by atoms with Crippen LogP contribution in [0.25, 0.3) is 0 Å². The van der Waals surface area contributed by atoms with Gasteiger partial charge in [0.15, 0.2) is 0 Å². The summed E-state index contributed by atoms with van der Waals surface area (Å²) in [7, 11) is 0. The molecule has 1 aliphatic heterocycles. The molecule has 2 aromatic rings. The van der Waals surface area contributed by atoms with Crippen molar-refractivity contribution in [2.75, 3.05) is 0 Å². The minimum absolute atomic E-state index is 0.0920. The van der Waals surface area contributed by atoms with Crippen molar-refractivity contribution >= 4 is 0 Å². The molecule has 0 fully saturated rings. The lowest BCUT2D eigenvalue weighted by Crippen LogP contribution is -2.05. The summed E-state index contributed by atoms with van der Waals surface area (Å²) in [6.45, 7) is 1.90. The number of aromatic nitrogens is 1. The van der Waals surface area contributed by atoms with E-state index >= 15 is 0 Å². The van der Waals surface area contributed by atoms with Crippen LogP contribution in [0.4, 0.5) is 0 Å². The minimum Gasteiger partial charge on any atom is -0.438 e. The molecule has 88 valence electrons. The Morgan fingerprint density at radius 2 is 2.22 bits per heavy atom. The number of pyridine rings is 1. The Morgan fingerprint density at radius 3 is 3.06 bits per heavy atom. The lowest BCUT2D eigenvalue weighted by molar-refractivity contribution is 0.440. The van der Waals surface area contributed by atoms with Gasteiger partial charge in [-0.2, -0.15) is 5.26 Å². The van der Waals surface area contributed by atoms with Gasteiger partial charge in [-0.25, -0.2) is 4.98 Å². The largest absolute Gasteiger partial charge is 0.438 e. The van der Waals surface area contributed by atoms with Crippen molar-refractivity contribution in [3.63, 3.8) is 0 Å². The average molecular weight is 236 g/mol. The monoisotopic (exact) mass is 236 g/mol. The third-order valence-corrected chi connectivity index (χ3v) is 3.22. The van der Waals surface area contributed by atoms with Gasteiger partial charge in [0.25, 0.3) is 0 Å². The zero-order chi connectivity index (χ0) is 12.5. The molecule has 1 aromatic heterocycles.